The van der Waals surface area contributed by atoms with Crippen LogP contribution >= 0.6 is 11.3 Å². The van der Waals surface area contributed by atoms with Crippen molar-refractivity contribution < 1.29 is 0 Å². The summed E-state index contributed by atoms with van der Waals surface area (Å²) in [4.78, 5) is 11.8. The van der Waals surface area contributed by atoms with Crippen LogP contribution < -0.4 is 0 Å². The number of nitrogens with zero attached hydrogens (tertiary/aromatic N) is 4. The number of aryl methyl sites for hydroxylation is 5. The van der Waals surface area contributed by atoms with Crippen molar-refractivity contribution in [2.24, 2.45) is 0 Å². The fourth-order valence-corrected chi connectivity index (χ4v) is 3.47. The normalized spacial score (nSPS) is 11.4. The van der Waals surface area contributed by atoms with Crippen LogP contribution in [0.2, 0.25) is 0 Å². The quantitative estimate of drug-likeness (QED) is 0.722. The van der Waals surface area contributed by atoms with E-state index >= 15 is 0 Å². The van der Waals surface area contributed by atoms with Crippen LogP contribution in [0, 0.1) is 27.7 Å². The molecule has 0 aliphatic heterocycles. The number of hydrogen-bond acceptors (Lipinski definition) is 4. The van der Waals surface area contributed by atoms with Crippen LogP contribution in [0.15, 0.2) is 6.07 Å². The van der Waals surface area contributed by atoms with Gasteiger partial charge in [0.25, 0.3) is 0 Å². The van der Waals surface area contributed by atoms with Gasteiger partial charge in [0, 0.05) is 17.0 Å². The summed E-state index contributed by atoms with van der Waals surface area (Å²) in [6.45, 7) is 10.4. The van der Waals surface area contributed by atoms with Crippen LogP contribution in [0.1, 0.15) is 34.6 Å². The van der Waals surface area contributed by atoms with E-state index in [9.17, 15) is 0 Å². The first kappa shape index (κ1) is 13.2. The van der Waals surface area contributed by atoms with Gasteiger partial charge in [0.2, 0.25) is 0 Å². The molecule has 0 unspecified atom stereocenters. The fraction of sp³-hybridized carbons (Fsp3) is 0.400. The summed E-state index contributed by atoms with van der Waals surface area (Å²) in [6.07, 6.45) is 0.832. The van der Waals surface area contributed by atoms with Crippen molar-refractivity contribution in [1.29, 1.82) is 0 Å². The van der Waals surface area contributed by atoms with E-state index in [0.29, 0.717) is 0 Å². The Bertz CT molecular complexity index is 798. The predicted molar refractivity (Wildman–Crippen MR) is 82.9 cm³/mol. The van der Waals surface area contributed by atoms with Gasteiger partial charge in [0.1, 0.15) is 10.7 Å². The van der Waals surface area contributed by atoms with Crippen LogP contribution in [-0.4, -0.2) is 19.7 Å². The molecular weight excluding hydrogens is 268 g/mol. The van der Waals surface area contributed by atoms with Gasteiger partial charge in [-0.25, -0.2) is 14.6 Å². The summed E-state index contributed by atoms with van der Waals surface area (Å²) in [5.74, 6) is 1.79. The van der Waals surface area contributed by atoms with Gasteiger partial charge in [-0.1, -0.05) is 6.92 Å². The Morgan fingerprint density at radius 1 is 1.15 bits per heavy atom. The first-order valence-electron chi connectivity index (χ1n) is 6.81. The smallest absolute Gasteiger partial charge is 0.166 e. The summed E-state index contributed by atoms with van der Waals surface area (Å²) in [5, 5.41) is 5.72. The van der Waals surface area contributed by atoms with Crippen molar-refractivity contribution in [2.45, 2.75) is 41.0 Å². The van der Waals surface area contributed by atoms with Crippen LogP contribution in [-0.2, 0) is 6.42 Å². The Balaban J connectivity index is 2.41. The first-order valence-corrected chi connectivity index (χ1v) is 7.63. The van der Waals surface area contributed by atoms with Crippen LogP contribution in [0.25, 0.3) is 16.0 Å². The second kappa shape index (κ2) is 4.66. The Labute approximate surface area is 122 Å². The molecule has 3 heterocycles. The van der Waals surface area contributed by atoms with E-state index in [2.05, 4.69) is 43.8 Å². The zero-order valence-corrected chi connectivity index (χ0v) is 13.3. The molecule has 0 atom stereocenters. The molecule has 0 saturated heterocycles. The lowest BCUT2D eigenvalue weighted by molar-refractivity contribution is 0.795. The van der Waals surface area contributed by atoms with Crippen molar-refractivity contribution in [2.75, 3.05) is 0 Å². The molecule has 0 aromatic carbocycles. The number of fused-ring (bicyclic) bond motifs is 1. The van der Waals surface area contributed by atoms with E-state index in [-0.39, 0.29) is 0 Å². The van der Waals surface area contributed by atoms with Gasteiger partial charge in [-0.3, -0.25) is 0 Å². The Morgan fingerprint density at radius 2 is 1.90 bits per heavy atom. The number of thiophene rings is 1. The highest BCUT2D eigenvalue weighted by Gasteiger charge is 2.17. The third-order valence-corrected chi connectivity index (χ3v) is 4.68. The van der Waals surface area contributed by atoms with E-state index in [1.165, 1.54) is 10.4 Å². The highest BCUT2D eigenvalue weighted by Crippen LogP contribution is 2.32. The van der Waals surface area contributed by atoms with Crippen molar-refractivity contribution in [1.82, 2.24) is 19.7 Å². The minimum atomic E-state index is 0.832. The summed E-state index contributed by atoms with van der Waals surface area (Å²) in [6, 6.07) is 2.08. The highest BCUT2D eigenvalue weighted by molar-refractivity contribution is 7.18. The molecule has 4 nitrogen and oxygen atoms in total. The second-order valence-corrected chi connectivity index (χ2v) is 6.32. The molecule has 0 aliphatic carbocycles. The summed E-state index contributed by atoms with van der Waals surface area (Å²) < 4.78 is 1.94. The largest absolute Gasteiger partial charge is 0.222 e. The van der Waals surface area contributed by atoms with E-state index in [0.717, 1.165) is 39.7 Å². The Kier molecular flexibility index (Phi) is 3.09. The molecule has 3 aromatic rings. The molecule has 0 spiro atoms. The van der Waals surface area contributed by atoms with Crippen molar-refractivity contribution in [3.8, 4) is 5.82 Å². The Hall–Kier alpha value is -1.75. The number of aromatic nitrogens is 4. The summed E-state index contributed by atoms with van der Waals surface area (Å²) in [7, 11) is 0. The zero-order chi connectivity index (χ0) is 14.4. The van der Waals surface area contributed by atoms with Crippen LogP contribution in [0.5, 0.6) is 0 Å². The van der Waals surface area contributed by atoms with E-state index < -0.39 is 0 Å². The van der Waals surface area contributed by atoms with Gasteiger partial charge in [0.15, 0.2) is 5.82 Å². The molecule has 0 amide bonds. The average Bonchev–Trinajstić information content (AvgIpc) is 2.89. The molecule has 3 rings (SSSR count). The molecular formula is C15H18N4S. The number of hydrogen-bond donors (Lipinski definition) is 0. The third-order valence-electron chi connectivity index (χ3n) is 3.58. The van der Waals surface area contributed by atoms with Gasteiger partial charge in [-0.2, -0.15) is 5.10 Å². The maximum Gasteiger partial charge on any atom is 0.166 e. The molecule has 3 aromatic heterocycles. The van der Waals surface area contributed by atoms with E-state index in [1.807, 2.05) is 11.6 Å². The topological polar surface area (TPSA) is 43.6 Å². The highest BCUT2D eigenvalue weighted by atomic mass is 32.1. The molecule has 0 bridgehead atoms. The number of rotatable bonds is 2. The zero-order valence-electron chi connectivity index (χ0n) is 12.5. The first-order chi connectivity index (χ1) is 9.51. The lowest BCUT2D eigenvalue weighted by Gasteiger charge is -2.08. The minimum Gasteiger partial charge on any atom is -0.222 e. The SMILES string of the molecule is CCc1nc(-n2nc(C)cc2C)c2c(C)c(C)sc2n1. The lowest BCUT2D eigenvalue weighted by Crippen LogP contribution is -2.06. The summed E-state index contributed by atoms with van der Waals surface area (Å²) in [5.41, 5.74) is 3.37. The van der Waals surface area contributed by atoms with Crippen LogP contribution in [0.3, 0.4) is 0 Å². The molecule has 20 heavy (non-hydrogen) atoms. The molecule has 0 aliphatic rings. The third kappa shape index (κ3) is 1.93. The Morgan fingerprint density at radius 3 is 2.50 bits per heavy atom. The van der Waals surface area contributed by atoms with Crippen molar-refractivity contribution in [3.63, 3.8) is 0 Å². The fourth-order valence-electron chi connectivity index (χ4n) is 2.43. The molecule has 104 valence electrons. The van der Waals surface area contributed by atoms with Crippen molar-refractivity contribution in [3.05, 3.63) is 33.7 Å². The van der Waals surface area contributed by atoms with Crippen LogP contribution in [0.4, 0.5) is 0 Å². The van der Waals surface area contributed by atoms with Gasteiger partial charge in [0.05, 0.1) is 11.1 Å². The molecule has 0 saturated carbocycles. The van der Waals surface area contributed by atoms with Gasteiger partial charge in [-0.05, 0) is 39.3 Å². The molecule has 5 heteroatoms. The van der Waals surface area contributed by atoms with Gasteiger partial charge >= 0.3 is 0 Å². The van der Waals surface area contributed by atoms with Gasteiger partial charge in [-0.15, -0.1) is 11.3 Å². The maximum absolute atomic E-state index is 4.73. The monoisotopic (exact) mass is 286 g/mol. The molecule has 0 radical (unpaired) electrons. The van der Waals surface area contributed by atoms with E-state index in [4.69, 9.17) is 4.98 Å². The molecule has 0 N–H and O–H groups in total. The minimum absolute atomic E-state index is 0.832. The molecule has 0 fully saturated rings. The maximum atomic E-state index is 4.73. The lowest BCUT2D eigenvalue weighted by atomic mass is 10.2. The average molecular weight is 286 g/mol. The predicted octanol–water partition coefficient (Wildman–Crippen LogP) is 3.67. The van der Waals surface area contributed by atoms with Crippen molar-refractivity contribution >= 4 is 21.6 Å². The van der Waals surface area contributed by atoms with E-state index in [1.54, 1.807) is 11.3 Å². The second-order valence-electron chi connectivity index (χ2n) is 5.12. The summed E-state index contributed by atoms with van der Waals surface area (Å²) >= 11 is 1.74. The standard InChI is InChI=1S/C15H18N4S/c1-6-12-16-14(19-9(3)7-8(2)18-19)13-10(4)11(5)20-15(13)17-12/h7H,6H2,1-5H3. The van der Waals surface area contributed by atoms with Gasteiger partial charge < -0.3 is 0 Å².